The van der Waals surface area contributed by atoms with Gasteiger partial charge in [-0.1, -0.05) is 18.1 Å². The van der Waals surface area contributed by atoms with Crippen LogP contribution in [0, 0.1) is 26.2 Å². The molecule has 0 spiro atoms. The fourth-order valence-corrected chi connectivity index (χ4v) is 2.17. The van der Waals surface area contributed by atoms with Gasteiger partial charge in [-0.05, 0) is 31.5 Å². The summed E-state index contributed by atoms with van der Waals surface area (Å²) in [6.07, 6.45) is 5.16. The number of hydrogen-bond acceptors (Lipinski definition) is 4. The average Bonchev–Trinajstić information content (AvgIpc) is 2.79. The highest BCUT2D eigenvalue weighted by Crippen LogP contribution is 2.20. The number of hydrogen-bond donors (Lipinski definition) is 2. The Bertz CT molecular complexity index is 654. The van der Waals surface area contributed by atoms with Crippen molar-refractivity contribution in [2.45, 2.75) is 26.9 Å². The van der Waals surface area contributed by atoms with E-state index in [0.29, 0.717) is 13.1 Å². The van der Waals surface area contributed by atoms with Crippen molar-refractivity contribution in [2.75, 3.05) is 18.5 Å². The quantitative estimate of drug-likeness (QED) is 0.769. The van der Waals surface area contributed by atoms with Gasteiger partial charge in [0.2, 0.25) is 0 Å². The molecule has 0 bridgehead atoms. The van der Waals surface area contributed by atoms with Crippen molar-refractivity contribution in [2.24, 2.45) is 0 Å². The second kappa shape index (κ2) is 7.53. The number of terminal acetylenes is 1. The molecular weight excluding hydrogens is 278 g/mol. The minimum absolute atomic E-state index is 0.0659. The maximum absolute atomic E-state index is 9.11. The number of aliphatic hydroxyl groups is 1. The largest absolute Gasteiger partial charge is 0.481 e. The van der Waals surface area contributed by atoms with Crippen LogP contribution in [0.4, 0.5) is 5.82 Å². The molecule has 22 heavy (non-hydrogen) atoms. The van der Waals surface area contributed by atoms with Gasteiger partial charge >= 0.3 is 0 Å². The molecule has 1 aromatic carbocycles. The van der Waals surface area contributed by atoms with Crippen LogP contribution in [0.25, 0.3) is 0 Å². The lowest BCUT2D eigenvalue weighted by molar-refractivity contribution is 0.270. The molecule has 0 aliphatic rings. The number of aliphatic hydroxyl groups excluding tert-OH is 1. The molecule has 0 aliphatic carbocycles. The van der Waals surface area contributed by atoms with E-state index in [0.717, 1.165) is 28.4 Å². The molecular formula is C17H21N3O2. The number of aromatic nitrogens is 2. The molecule has 2 N–H and O–H groups in total. The molecule has 5 nitrogen and oxygen atoms in total. The van der Waals surface area contributed by atoms with Gasteiger partial charge in [0.1, 0.15) is 18.2 Å². The van der Waals surface area contributed by atoms with Crippen molar-refractivity contribution < 1.29 is 9.84 Å². The molecule has 1 heterocycles. The number of anilines is 1. The predicted octanol–water partition coefficient (Wildman–Crippen LogP) is 2.12. The molecule has 2 rings (SSSR count). The van der Waals surface area contributed by atoms with Crippen molar-refractivity contribution >= 4 is 5.82 Å². The first kappa shape index (κ1) is 15.9. The summed E-state index contributed by atoms with van der Waals surface area (Å²) in [6, 6.07) is 7.79. The lowest BCUT2D eigenvalue weighted by Crippen LogP contribution is -2.10. The summed E-state index contributed by atoms with van der Waals surface area (Å²) < 4.78 is 7.15. The highest BCUT2D eigenvalue weighted by Gasteiger charge is 2.10. The molecule has 0 aliphatic heterocycles. The molecule has 0 fully saturated rings. The second-order valence-electron chi connectivity index (χ2n) is 5.00. The highest BCUT2D eigenvalue weighted by atomic mass is 16.5. The van der Waals surface area contributed by atoms with Gasteiger partial charge in [-0.15, -0.1) is 6.42 Å². The van der Waals surface area contributed by atoms with Crippen molar-refractivity contribution in [3.63, 3.8) is 0 Å². The maximum atomic E-state index is 9.11. The third-order valence-corrected chi connectivity index (χ3v) is 3.44. The fourth-order valence-electron chi connectivity index (χ4n) is 2.17. The van der Waals surface area contributed by atoms with E-state index in [1.165, 1.54) is 0 Å². The molecule has 0 radical (unpaired) electrons. The number of aryl methyl sites for hydroxylation is 1. The number of benzene rings is 1. The minimum Gasteiger partial charge on any atom is -0.481 e. The molecule has 0 saturated heterocycles. The van der Waals surface area contributed by atoms with Crippen LogP contribution in [0.2, 0.25) is 0 Å². The first-order valence-electron chi connectivity index (χ1n) is 7.19. The van der Waals surface area contributed by atoms with Crippen LogP contribution in [0.5, 0.6) is 5.75 Å². The topological polar surface area (TPSA) is 59.3 Å². The molecule has 2 aromatic rings. The fraction of sp³-hybridized carbons (Fsp3) is 0.353. The van der Waals surface area contributed by atoms with Crippen LogP contribution < -0.4 is 10.1 Å². The first-order valence-corrected chi connectivity index (χ1v) is 7.19. The SMILES string of the molecule is C#CCOc1ccc(CNc2c(C)c(C)nn2CCO)cc1. The van der Waals surface area contributed by atoms with Crippen LogP contribution in [-0.2, 0) is 13.1 Å². The van der Waals surface area contributed by atoms with Gasteiger partial charge in [0, 0.05) is 12.1 Å². The van der Waals surface area contributed by atoms with Crippen LogP contribution >= 0.6 is 0 Å². The Kier molecular flexibility index (Phi) is 5.45. The Morgan fingerprint density at radius 1 is 1.32 bits per heavy atom. The van der Waals surface area contributed by atoms with Crippen LogP contribution in [0.3, 0.4) is 0 Å². The van der Waals surface area contributed by atoms with E-state index in [-0.39, 0.29) is 13.2 Å². The van der Waals surface area contributed by atoms with Crippen LogP contribution in [0.1, 0.15) is 16.8 Å². The highest BCUT2D eigenvalue weighted by molar-refractivity contribution is 5.47. The lowest BCUT2D eigenvalue weighted by Gasteiger charge is -2.11. The Balaban J connectivity index is 2.02. The van der Waals surface area contributed by atoms with Crippen LogP contribution in [0.15, 0.2) is 24.3 Å². The summed E-state index contributed by atoms with van der Waals surface area (Å²) >= 11 is 0. The molecule has 116 valence electrons. The van der Waals surface area contributed by atoms with Crippen LogP contribution in [-0.4, -0.2) is 28.1 Å². The van der Waals surface area contributed by atoms with Gasteiger partial charge in [0.15, 0.2) is 0 Å². The lowest BCUT2D eigenvalue weighted by atomic mass is 10.2. The second-order valence-corrected chi connectivity index (χ2v) is 5.00. The Morgan fingerprint density at radius 2 is 2.05 bits per heavy atom. The molecule has 1 aromatic heterocycles. The standard InChI is InChI=1S/C17H21N3O2/c1-4-11-22-16-7-5-15(6-8-16)12-18-17-13(2)14(3)19-20(17)9-10-21/h1,5-8,18,21H,9-12H2,2-3H3. The van der Waals surface area contributed by atoms with Crippen molar-refractivity contribution in [3.8, 4) is 18.1 Å². The van der Waals surface area contributed by atoms with Crippen molar-refractivity contribution in [3.05, 3.63) is 41.1 Å². The molecule has 5 heteroatoms. The first-order chi connectivity index (χ1) is 10.7. The number of nitrogens with zero attached hydrogens (tertiary/aromatic N) is 2. The van der Waals surface area contributed by atoms with Gasteiger partial charge in [-0.25, -0.2) is 4.68 Å². The third-order valence-electron chi connectivity index (χ3n) is 3.44. The molecule has 0 amide bonds. The van der Waals surface area contributed by atoms with E-state index in [1.54, 1.807) is 4.68 Å². The van der Waals surface area contributed by atoms with Gasteiger partial charge in [-0.2, -0.15) is 5.10 Å². The van der Waals surface area contributed by atoms with E-state index < -0.39 is 0 Å². The number of rotatable bonds is 7. The summed E-state index contributed by atoms with van der Waals surface area (Å²) in [5.41, 5.74) is 3.19. The van der Waals surface area contributed by atoms with E-state index in [4.69, 9.17) is 16.3 Å². The van der Waals surface area contributed by atoms with E-state index >= 15 is 0 Å². The average molecular weight is 299 g/mol. The van der Waals surface area contributed by atoms with E-state index in [9.17, 15) is 0 Å². The van der Waals surface area contributed by atoms with E-state index in [2.05, 4.69) is 16.3 Å². The monoisotopic (exact) mass is 299 g/mol. The van der Waals surface area contributed by atoms with E-state index in [1.807, 2.05) is 38.1 Å². The third kappa shape index (κ3) is 3.80. The van der Waals surface area contributed by atoms with Gasteiger partial charge in [0.05, 0.1) is 18.8 Å². The van der Waals surface area contributed by atoms with Crippen molar-refractivity contribution in [1.29, 1.82) is 0 Å². The van der Waals surface area contributed by atoms with Gasteiger partial charge in [-0.3, -0.25) is 0 Å². The Labute approximate surface area is 130 Å². The maximum Gasteiger partial charge on any atom is 0.148 e. The van der Waals surface area contributed by atoms with Gasteiger partial charge in [0.25, 0.3) is 0 Å². The van der Waals surface area contributed by atoms with Gasteiger partial charge < -0.3 is 15.2 Å². The Morgan fingerprint density at radius 3 is 2.68 bits per heavy atom. The summed E-state index contributed by atoms with van der Waals surface area (Å²) in [5, 5.41) is 16.9. The van der Waals surface area contributed by atoms with Crippen molar-refractivity contribution in [1.82, 2.24) is 9.78 Å². The summed E-state index contributed by atoms with van der Waals surface area (Å²) in [6.45, 7) is 5.48. The smallest absolute Gasteiger partial charge is 0.148 e. The number of ether oxygens (including phenoxy) is 1. The zero-order valence-electron chi connectivity index (χ0n) is 13.0. The zero-order chi connectivity index (χ0) is 15.9. The molecule has 0 saturated carbocycles. The predicted molar refractivity (Wildman–Crippen MR) is 86.9 cm³/mol. The minimum atomic E-state index is 0.0659. The summed E-state index contributed by atoms with van der Waals surface area (Å²) in [7, 11) is 0. The number of nitrogens with one attached hydrogen (secondary N) is 1. The Hall–Kier alpha value is -2.45. The normalized spacial score (nSPS) is 10.3. The molecule has 0 atom stereocenters. The summed E-state index contributed by atoms with van der Waals surface area (Å²) in [4.78, 5) is 0. The molecule has 0 unspecified atom stereocenters. The zero-order valence-corrected chi connectivity index (χ0v) is 13.0. The summed E-state index contributed by atoms with van der Waals surface area (Å²) in [5.74, 6) is 4.15.